The minimum atomic E-state index is -0.313. The molecule has 2 aromatic rings. The van der Waals surface area contributed by atoms with Gasteiger partial charge in [-0.3, -0.25) is 4.98 Å². The minimum Gasteiger partial charge on any atom is -0.388 e. The molecule has 1 N–H and O–H groups in total. The first-order valence-electron chi connectivity index (χ1n) is 4.14. The molecule has 0 saturated carbocycles. The third-order valence-electron chi connectivity index (χ3n) is 2.03. The van der Waals surface area contributed by atoms with Gasteiger partial charge in [0.2, 0.25) is 0 Å². The predicted octanol–water partition coefficient (Wildman–Crippen LogP) is 3.18. The molecule has 1 heterocycles. The number of hydrogen-bond acceptors (Lipinski definition) is 2. The molecule has 0 saturated heterocycles. The van der Waals surface area contributed by atoms with E-state index in [2.05, 4.69) is 26.2 Å². The zero-order valence-electron chi connectivity index (χ0n) is 7.51. The Morgan fingerprint density at radius 3 is 2.93 bits per heavy atom. The fourth-order valence-electron chi connectivity index (χ4n) is 1.40. The highest BCUT2D eigenvalue weighted by Crippen LogP contribution is 2.26. The summed E-state index contributed by atoms with van der Waals surface area (Å²) in [4.78, 5) is 3.99. The Morgan fingerprint density at radius 2 is 2.21 bits per heavy atom. The van der Waals surface area contributed by atoms with E-state index in [9.17, 15) is 4.39 Å². The Balaban J connectivity index is 2.86. The van der Waals surface area contributed by atoms with Crippen molar-refractivity contribution in [2.45, 2.75) is 0 Å². The van der Waals surface area contributed by atoms with Crippen molar-refractivity contribution in [3.63, 3.8) is 0 Å². The maximum absolute atomic E-state index is 13.4. The first kappa shape index (κ1) is 9.40. The van der Waals surface area contributed by atoms with E-state index in [4.69, 9.17) is 0 Å². The maximum Gasteiger partial charge on any atom is 0.150 e. The Hall–Kier alpha value is -1.16. The van der Waals surface area contributed by atoms with Crippen molar-refractivity contribution in [2.75, 3.05) is 12.4 Å². The Morgan fingerprint density at radius 1 is 1.43 bits per heavy atom. The molecule has 0 radical (unpaired) electrons. The van der Waals surface area contributed by atoms with Crippen LogP contribution in [-0.4, -0.2) is 12.0 Å². The number of benzene rings is 1. The largest absolute Gasteiger partial charge is 0.388 e. The van der Waals surface area contributed by atoms with Crippen LogP contribution in [0.5, 0.6) is 0 Å². The number of rotatable bonds is 1. The van der Waals surface area contributed by atoms with Crippen molar-refractivity contribution in [3.05, 3.63) is 34.7 Å². The number of anilines is 1. The molecule has 0 unspecified atom stereocenters. The third-order valence-corrected chi connectivity index (χ3v) is 2.49. The van der Waals surface area contributed by atoms with Gasteiger partial charge >= 0.3 is 0 Å². The van der Waals surface area contributed by atoms with Gasteiger partial charge in [-0.25, -0.2) is 4.39 Å². The Labute approximate surface area is 89.3 Å². The van der Waals surface area contributed by atoms with Crippen LogP contribution in [0.1, 0.15) is 0 Å². The lowest BCUT2D eigenvalue weighted by Crippen LogP contribution is -1.92. The molecular weight excluding hydrogens is 247 g/mol. The highest BCUT2D eigenvalue weighted by molar-refractivity contribution is 9.10. The highest BCUT2D eigenvalue weighted by atomic mass is 79.9. The fraction of sp³-hybridized carbons (Fsp3) is 0.100. The second-order valence-electron chi connectivity index (χ2n) is 2.89. The molecule has 0 atom stereocenters. The molecule has 0 bridgehead atoms. The summed E-state index contributed by atoms with van der Waals surface area (Å²) in [7, 11) is 1.80. The monoisotopic (exact) mass is 254 g/mol. The van der Waals surface area contributed by atoms with Gasteiger partial charge in [-0.15, -0.1) is 0 Å². The van der Waals surface area contributed by atoms with Crippen LogP contribution in [0.2, 0.25) is 0 Å². The van der Waals surface area contributed by atoms with E-state index in [1.165, 1.54) is 6.07 Å². The molecule has 0 aliphatic heterocycles. The second-order valence-corrected chi connectivity index (χ2v) is 3.81. The first-order chi connectivity index (χ1) is 6.72. The average Bonchev–Trinajstić information content (AvgIpc) is 2.17. The zero-order valence-corrected chi connectivity index (χ0v) is 9.10. The van der Waals surface area contributed by atoms with Crippen LogP contribution in [0.25, 0.3) is 10.9 Å². The van der Waals surface area contributed by atoms with Crippen molar-refractivity contribution < 1.29 is 4.39 Å². The summed E-state index contributed by atoms with van der Waals surface area (Å²) in [5, 5.41) is 3.78. The molecule has 4 heteroatoms. The molecule has 0 amide bonds. The van der Waals surface area contributed by atoms with Crippen molar-refractivity contribution in [1.82, 2.24) is 4.98 Å². The summed E-state index contributed by atoms with van der Waals surface area (Å²) in [6, 6.07) is 5.07. The van der Waals surface area contributed by atoms with Gasteiger partial charge in [-0.05, 0) is 18.2 Å². The topological polar surface area (TPSA) is 24.9 Å². The van der Waals surface area contributed by atoms with Crippen molar-refractivity contribution in [3.8, 4) is 0 Å². The lowest BCUT2D eigenvalue weighted by molar-refractivity contribution is 0.636. The summed E-state index contributed by atoms with van der Waals surface area (Å²) in [6.45, 7) is 0. The van der Waals surface area contributed by atoms with Crippen LogP contribution >= 0.6 is 15.9 Å². The van der Waals surface area contributed by atoms with Gasteiger partial charge in [0, 0.05) is 28.8 Å². The Kier molecular flexibility index (Phi) is 2.37. The summed E-state index contributed by atoms with van der Waals surface area (Å²) >= 11 is 3.25. The van der Waals surface area contributed by atoms with Gasteiger partial charge < -0.3 is 5.32 Å². The molecule has 14 heavy (non-hydrogen) atoms. The summed E-state index contributed by atoms with van der Waals surface area (Å²) in [6.07, 6.45) is 1.59. The predicted molar refractivity (Wildman–Crippen MR) is 58.9 cm³/mol. The van der Waals surface area contributed by atoms with E-state index < -0.39 is 0 Å². The van der Waals surface area contributed by atoms with Gasteiger partial charge in [0.15, 0.2) is 5.82 Å². The molecule has 0 aliphatic rings. The normalized spacial score (nSPS) is 10.5. The summed E-state index contributed by atoms with van der Waals surface area (Å²) in [5.74, 6) is -0.313. The zero-order chi connectivity index (χ0) is 10.1. The quantitative estimate of drug-likeness (QED) is 0.846. The van der Waals surface area contributed by atoms with Crippen LogP contribution in [0.15, 0.2) is 28.9 Å². The standard InChI is InChI=1S/C10H8BrFN2/c1-13-9-2-3-14-10-7(9)4-6(11)5-8(10)12/h2-5H,1H3,(H,13,14). The lowest BCUT2D eigenvalue weighted by atomic mass is 10.2. The van der Waals surface area contributed by atoms with Crippen LogP contribution in [-0.2, 0) is 0 Å². The van der Waals surface area contributed by atoms with Gasteiger partial charge in [0.05, 0.1) is 0 Å². The number of hydrogen-bond donors (Lipinski definition) is 1. The van der Waals surface area contributed by atoms with Crippen LogP contribution in [0.4, 0.5) is 10.1 Å². The van der Waals surface area contributed by atoms with E-state index in [1.807, 2.05) is 12.1 Å². The summed E-state index contributed by atoms with van der Waals surface area (Å²) < 4.78 is 14.2. The van der Waals surface area contributed by atoms with E-state index >= 15 is 0 Å². The molecule has 0 spiro atoms. The third kappa shape index (κ3) is 1.46. The second kappa shape index (κ2) is 3.53. The van der Waals surface area contributed by atoms with Crippen LogP contribution in [0, 0.1) is 5.82 Å². The van der Waals surface area contributed by atoms with Crippen LogP contribution < -0.4 is 5.32 Å². The van der Waals surface area contributed by atoms with Crippen LogP contribution in [0.3, 0.4) is 0 Å². The van der Waals surface area contributed by atoms with E-state index in [0.29, 0.717) is 9.99 Å². The number of nitrogens with one attached hydrogen (secondary N) is 1. The molecule has 2 rings (SSSR count). The van der Waals surface area contributed by atoms with E-state index in [1.54, 1.807) is 13.2 Å². The summed E-state index contributed by atoms with van der Waals surface area (Å²) in [5.41, 5.74) is 1.26. The molecule has 0 fully saturated rings. The van der Waals surface area contributed by atoms with Gasteiger partial charge in [-0.1, -0.05) is 15.9 Å². The molecular formula is C10H8BrFN2. The van der Waals surface area contributed by atoms with Gasteiger partial charge in [-0.2, -0.15) is 0 Å². The Bertz CT molecular complexity index is 485. The van der Waals surface area contributed by atoms with E-state index in [-0.39, 0.29) is 5.82 Å². The number of nitrogens with zero attached hydrogens (tertiary/aromatic N) is 1. The minimum absolute atomic E-state index is 0.313. The average molecular weight is 255 g/mol. The molecule has 2 nitrogen and oxygen atoms in total. The number of aromatic nitrogens is 1. The number of halogens is 2. The molecule has 1 aromatic heterocycles. The fourth-order valence-corrected chi connectivity index (χ4v) is 1.83. The van der Waals surface area contributed by atoms with Crippen molar-refractivity contribution >= 4 is 32.5 Å². The first-order valence-corrected chi connectivity index (χ1v) is 4.93. The number of fused-ring (bicyclic) bond motifs is 1. The maximum atomic E-state index is 13.4. The highest BCUT2D eigenvalue weighted by Gasteiger charge is 2.06. The molecule has 0 aliphatic carbocycles. The van der Waals surface area contributed by atoms with E-state index in [0.717, 1.165) is 11.1 Å². The lowest BCUT2D eigenvalue weighted by Gasteiger charge is -2.05. The molecule has 1 aromatic carbocycles. The van der Waals surface area contributed by atoms with Crippen molar-refractivity contribution in [2.24, 2.45) is 0 Å². The van der Waals surface area contributed by atoms with Gasteiger partial charge in [0.1, 0.15) is 5.52 Å². The van der Waals surface area contributed by atoms with Crippen molar-refractivity contribution in [1.29, 1.82) is 0 Å². The SMILES string of the molecule is CNc1ccnc2c(F)cc(Br)cc12. The van der Waals surface area contributed by atoms with Gasteiger partial charge in [0.25, 0.3) is 0 Å². The smallest absolute Gasteiger partial charge is 0.150 e. The number of pyridine rings is 1. The molecule has 72 valence electrons.